The van der Waals surface area contributed by atoms with E-state index in [2.05, 4.69) is 15.7 Å². The smallest absolute Gasteiger partial charge is 0.265 e. The van der Waals surface area contributed by atoms with Crippen LogP contribution in [0, 0.1) is 0 Å². The quantitative estimate of drug-likeness (QED) is 0.680. The highest BCUT2D eigenvalue weighted by Crippen LogP contribution is 2.18. The molecule has 0 aliphatic carbocycles. The molecule has 6 nitrogen and oxygen atoms in total. The molecule has 1 aromatic carbocycles. The summed E-state index contributed by atoms with van der Waals surface area (Å²) < 4.78 is 1.80. The van der Waals surface area contributed by atoms with Gasteiger partial charge in [0.25, 0.3) is 5.91 Å². The van der Waals surface area contributed by atoms with Gasteiger partial charge in [0.05, 0.1) is 4.88 Å². The van der Waals surface area contributed by atoms with Gasteiger partial charge >= 0.3 is 0 Å². The van der Waals surface area contributed by atoms with Gasteiger partial charge in [-0.05, 0) is 42.1 Å². The molecule has 0 radical (unpaired) electrons. The Morgan fingerprint density at radius 1 is 1.08 bits per heavy atom. The molecule has 25 heavy (non-hydrogen) atoms. The molecule has 2 N–H and O–H groups in total. The first kappa shape index (κ1) is 16.9. The van der Waals surface area contributed by atoms with Crippen LogP contribution in [-0.4, -0.2) is 21.6 Å². The van der Waals surface area contributed by atoms with E-state index in [0.717, 1.165) is 0 Å². The molecule has 0 saturated carbocycles. The van der Waals surface area contributed by atoms with Gasteiger partial charge in [-0.15, -0.1) is 11.3 Å². The first-order valence-electron chi connectivity index (χ1n) is 7.93. The lowest BCUT2D eigenvalue weighted by molar-refractivity contribution is -0.116. The second-order valence-electron chi connectivity index (χ2n) is 5.43. The molecule has 0 spiro atoms. The van der Waals surface area contributed by atoms with E-state index in [0.29, 0.717) is 35.6 Å². The number of amides is 2. The van der Waals surface area contributed by atoms with Crippen molar-refractivity contribution in [3.05, 3.63) is 65.1 Å². The molecule has 0 aliphatic heterocycles. The summed E-state index contributed by atoms with van der Waals surface area (Å²) in [5.41, 5.74) is 1.31. The third kappa shape index (κ3) is 5.02. The van der Waals surface area contributed by atoms with Crippen LogP contribution in [0.4, 0.5) is 11.4 Å². The van der Waals surface area contributed by atoms with Gasteiger partial charge in [-0.1, -0.05) is 12.1 Å². The van der Waals surface area contributed by atoms with Gasteiger partial charge in [0.1, 0.15) is 0 Å². The van der Waals surface area contributed by atoms with Gasteiger partial charge < -0.3 is 10.6 Å². The number of hydrogen-bond donors (Lipinski definition) is 2. The minimum Gasteiger partial charge on any atom is -0.326 e. The van der Waals surface area contributed by atoms with E-state index in [1.54, 1.807) is 41.2 Å². The maximum Gasteiger partial charge on any atom is 0.265 e. The molecule has 0 unspecified atom stereocenters. The number of carbonyl (C=O) groups excluding carboxylic acids is 2. The Hall–Kier alpha value is -2.93. The first-order valence-corrected chi connectivity index (χ1v) is 8.81. The van der Waals surface area contributed by atoms with E-state index in [9.17, 15) is 9.59 Å². The normalized spacial score (nSPS) is 10.4. The number of nitrogens with one attached hydrogen (secondary N) is 2. The lowest BCUT2D eigenvalue weighted by atomic mass is 10.2. The van der Waals surface area contributed by atoms with Crippen LogP contribution in [0.2, 0.25) is 0 Å². The largest absolute Gasteiger partial charge is 0.326 e. The summed E-state index contributed by atoms with van der Waals surface area (Å²) in [6, 6.07) is 12.6. The molecule has 0 fully saturated rings. The zero-order valence-electron chi connectivity index (χ0n) is 13.5. The highest BCUT2D eigenvalue weighted by atomic mass is 32.1. The second-order valence-corrected chi connectivity index (χ2v) is 6.38. The van der Waals surface area contributed by atoms with Crippen LogP contribution in [0.25, 0.3) is 0 Å². The van der Waals surface area contributed by atoms with Gasteiger partial charge in [0.2, 0.25) is 5.91 Å². The van der Waals surface area contributed by atoms with Crippen LogP contribution in [0.5, 0.6) is 0 Å². The van der Waals surface area contributed by atoms with E-state index >= 15 is 0 Å². The molecule has 0 saturated heterocycles. The minimum absolute atomic E-state index is 0.0612. The zero-order valence-corrected chi connectivity index (χ0v) is 14.3. The topological polar surface area (TPSA) is 76.0 Å². The highest BCUT2D eigenvalue weighted by molar-refractivity contribution is 7.12. The predicted molar refractivity (Wildman–Crippen MR) is 98.8 cm³/mol. The Morgan fingerprint density at radius 3 is 2.64 bits per heavy atom. The van der Waals surface area contributed by atoms with Crippen molar-refractivity contribution in [1.29, 1.82) is 0 Å². The lowest BCUT2D eigenvalue weighted by Crippen LogP contribution is -2.13. The molecule has 0 atom stereocenters. The van der Waals surface area contributed by atoms with Crippen LogP contribution in [0.1, 0.15) is 22.5 Å². The number of aromatic nitrogens is 2. The van der Waals surface area contributed by atoms with E-state index in [1.807, 2.05) is 23.7 Å². The van der Waals surface area contributed by atoms with Crippen LogP contribution < -0.4 is 10.6 Å². The van der Waals surface area contributed by atoms with Crippen molar-refractivity contribution in [2.45, 2.75) is 19.4 Å². The number of nitrogens with zero attached hydrogens (tertiary/aromatic N) is 2. The SMILES string of the molecule is O=C(CCCn1cccn1)Nc1cccc(NC(=O)c2cccs2)c1. The van der Waals surface area contributed by atoms with E-state index < -0.39 is 0 Å². The number of thiophene rings is 1. The van der Waals surface area contributed by atoms with Crippen molar-refractivity contribution in [3.8, 4) is 0 Å². The molecule has 3 aromatic rings. The molecule has 2 heterocycles. The molecular formula is C18H18N4O2S. The zero-order chi connectivity index (χ0) is 17.5. The second kappa shape index (κ2) is 8.25. The van der Waals surface area contributed by atoms with E-state index in [1.165, 1.54) is 11.3 Å². The number of rotatable bonds is 7. The van der Waals surface area contributed by atoms with Gasteiger partial charge in [-0.3, -0.25) is 14.3 Å². The van der Waals surface area contributed by atoms with Crippen molar-refractivity contribution in [1.82, 2.24) is 9.78 Å². The van der Waals surface area contributed by atoms with Crippen molar-refractivity contribution in [2.75, 3.05) is 10.6 Å². The Morgan fingerprint density at radius 2 is 1.92 bits per heavy atom. The molecular weight excluding hydrogens is 336 g/mol. The Kier molecular flexibility index (Phi) is 5.58. The van der Waals surface area contributed by atoms with Crippen LogP contribution in [-0.2, 0) is 11.3 Å². The summed E-state index contributed by atoms with van der Waals surface area (Å²) in [4.78, 5) is 24.7. The molecule has 0 bridgehead atoms. The number of hydrogen-bond acceptors (Lipinski definition) is 4. The fourth-order valence-electron chi connectivity index (χ4n) is 2.33. The van der Waals surface area contributed by atoms with Gasteiger partial charge in [0.15, 0.2) is 0 Å². The summed E-state index contributed by atoms with van der Waals surface area (Å²) in [6.45, 7) is 0.706. The van der Waals surface area contributed by atoms with Crippen molar-refractivity contribution >= 4 is 34.5 Å². The number of aryl methyl sites for hydroxylation is 1. The van der Waals surface area contributed by atoms with Gasteiger partial charge in [-0.25, -0.2) is 0 Å². The average molecular weight is 354 g/mol. The molecule has 128 valence electrons. The molecule has 0 aliphatic rings. The van der Waals surface area contributed by atoms with Crippen LogP contribution in [0.3, 0.4) is 0 Å². The maximum absolute atomic E-state index is 12.1. The van der Waals surface area contributed by atoms with Crippen molar-refractivity contribution in [2.24, 2.45) is 0 Å². The van der Waals surface area contributed by atoms with Gasteiger partial charge in [-0.2, -0.15) is 5.10 Å². The van der Waals surface area contributed by atoms with Crippen LogP contribution in [0.15, 0.2) is 60.2 Å². The Bertz CT molecular complexity index is 829. The Labute approximate surface area is 149 Å². The number of benzene rings is 1. The van der Waals surface area contributed by atoms with Crippen molar-refractivity contribution in [3.63, 3.8) is 0 Å². The summed E-state index contributed by atoms with van der Waals surface area (Å²) in [5.74, 6) is -0.216. The molecule has 2 amide bonds. The monoisotopic (exact) mass is 354 g/mol. The summed E-state index contributed by atoms with van der Waals surface area (Å²) in [7, 11) is 0. The Balaban J connectivity index is 1.50. The van der Waals surface area contributed by atoms with Gasteiger partial charge in [0, 0.05) is 36.7 Å². The van der Waals surface area contributed by atoms with E-state index in [-0.39, 0.29) is 11.8 Å². The van der Waals surface area contributed by atoms with Crippen molar-refractivity contribution < 1.29 is 9.59 Å². The third-order valence-corrected chi connectivity index (χ3v) is 4.37. The minimum atomic E-state index is -0.155. The number of anilines is 2. The molecule has 2 aromatic heterocycles. The van der Waals surface area contributed by atoms with Crippen LogP contribution >= 0.6 is 11.3 Å². The first-order chi connectivity index (χ1) is 12.2. The fourth-order valence-corrected chi connectivity index (χ4v) is 2.95. The fraction of sp³-hybridized carbons (Fsp3) is 0.167. The maximum atomic E-state index is 12.1. The molecule has 3 rings (SSSR count). The molecule has 7 heteroatoms. The number of carbonyl (C=O) groups is 2. The summed E-state index contributed by atoms with van der Waals surface area (Å²) >= 11 is 1.38. The highest BCUT2D eigenvalue weighted by Gasteiger charge is 2.08. The average Bonchev–Trinajstić information content (AvgIpc) is 3.29. The standard InChI is InChI=1S/C18H18N4O2S/c23-17(8-2-10-22-11-4-9-19-22)20-14-5-1-6-15(13-14)21-18(24)16-7-3-12-25-16/h1,3-7,9,11-13H,2,8,10H2,(H,20,23)(H,21,24). The van der Waals surface area contributed by atoms with E-state index in [4.69, 9.17) is 0 Å². The third-order valence-electron chi connectivity index (χ3n) is 3.50. The predicted octanol–water partition coefficient (Wildman–Crippen LogP) is 3.62. The summed E-state index contributed by atoms with van der Waals surface area (Å²) in [5, 5.41) is 11.6. The summed E-state index contributed by atoms with van der Waals surface area (Å²) in [6.07, 6.45) is 4.71. The lowest BCUT2D eigenvalue weighted by Gasteiger charge is -2.08.